The zero-order valence-electron chi connectivity index (χ0n) is 13.4. The molecule has 2 aromatic carbocycles. The SMILES string of the molecule is CCN(C(=O)c1cccc(Oc2ccccc2)c1)C1CCNC1. The van der Waals surface area contributed by atoms with E-state index in [0.717, 1.165) is 31.8 Å². The maximum absolute atomic E-state index is 12.8. The lowest BCUT2D eigenvalue weighted by atomic mass is 10.1. The summed E-state index contributed by atoms with van der Waals surface area (Å²) in [5.41, 5.74) is 0.673. The molecule has 0 aliphatic carbocycles. The van der Waals surface area contributed by atoms with Gasteiger partial charge < -0.3 is 15.0 Å². The molecule has 1 atom stereocenters. The fraction of sp³-hybridized carbons (Fsp3) is 0.316. The van der Waals surface area contributed by atoms with Gasteiger partial charge in [0, 0.05) is 24.7 Å². The summed E-state index contributed by atoms with van der Waals surface area (Å²) >= 11 is 0. The number of benzene rings is 2. The standard InChI is InChI=1S/C19H22N2O2/c1-2-21(16-11-12-20-14-16)19(22)15-7-6-10-18(13-15)23-17-8-4-3-5-9-17/h3-10,13,16,20H,2,11-12,14H2,1H3. The highest BCUT2D eigenvalue weighted by Gasteiger charge is 2.26. The van der Waals surface area contributed by atoms with Crippen molar-refractivity contribution in [3.8, 4) is 11.5 Å². The second kappa shape index (κ2) is 7.29. The Labute approximate surface area is 137 Å². The number of hydrogen-bond acceptors (Lipinski definition) is 3. The van der Waals surface area contributed by atoms with Crippen LogP contribution in [0.3, 0.4) is 0 Å². The van der Waals surface area contributed by atoms with Crippen LogP contribution >= 0.6 is 0 Å². The van der Waals surface area contributed by atoms with Crippen molar-refractivity contribution in [3.63, 3.8) is 0 Å². The molecule has 0 aromatic heterocycles. The van der Waals surface area contributed by atoms with Crippen molar-refractivity contribution in [2.24, 2.45) is 0 Å². The first-order valence-corrected chi connectivity index (χ1v) is 8.12. The van der Waals surface area contributed by atoms with Gasteiger partial charge in [-0.1, -0.05) is 24.3 Å². The van der Waals surface area contributed by atoms with Gasteiger partial charge in [0.1, 0.15) is 11.5 Å². The van der Waals surface area contributed by atoms with E-state index < -0.39 is 0 Å². The lowest BCUT2D eigenvalue weighted by molar-refractivity contribution is 0.0703. The van der Waals surface area contributed by atoms with E-state index in [1.165, 1.54) is 0 Å². The van der Waals surface area contributed by atoms with E-state index in [9.17, 15) is 4.79 Å². The minimum atomic E-state index is 0.0692. The van der Waals surface area contributed by atoms with Crippen molar-refractivity contribution < 1.29 is 9.53 Å². The third-order valence-corrected chi connectivity index (χ3v) is 4.14. The average Bonchev–Trinajstić information content (AvgIpc) is 3.11. The largest absolute Gasteiger partial charge is 0.457 e. The van der Waals surface area contributed by atoms with E-state index in [4.69, 9.17) is 4.74 Å². The van der Waals surface area contributed by atoms with Crippen molar-refractivity contribution >= 4 is 5.91 Å². The Morgan fingerprint density at radius 2 is 1.96 bits per heavy atom. The van der Waals surface area contributed by atoms with Crippen LogP contribution in [0.2, 0.25) is 0 Å². The zero-order chi connectivity index (χ0) is 16.1. The number of likely N-dealkylation sites (N-methyl/N-ethyl adjacent to an activating group) is 1. The Morgan fingerprint density at radius 3 is 2.65 bits per heavy atom. The molecule has 4 nitrogen and oxygen atoms in total. The molecule has 120 valence electrons. The van der Waals surface area contributed by atoms with Crippen LogP contribution in [0.25, 0.3) is 0 Å². The molecule has 1 amide bonds. The summed E-state index contributed by atoms with van der Waals surface area (Å²) < 4.78 is 5.82. The van der Waals surface area contributed by atoms with Crippen molar-refractivity contribution in [3.05, 3.63) is 60.2 Å². The first kappa shape index (κ1) is 15.6. The van der Waals surface area contributed by atoms with Crippen LogP contribution in [0, 0.1) is 0 Å². The second-order valence-corrected chi connectivity index (χ2v) is 5.68. The molecule has 1 saturated heterocycles. The number of para-hydroxylation sites is 1. The maximum atomic E-state index is 12.8. The molecule has 1 aliphatic heterocycles. The van der Waals surface area contributed by atoms with E-state index in [-0.39, 0.29) is 11.9 Å². The van der Waals surface area contributed by atoms with E-state index in [1.807, 2.05) is 66.4 Å². The second-order valence-electron chi connectivity index (χ2n) is 5.68. The average molecular weight is 310 g/mol. The topological polar surface area (TPSA) is 41.6 Å². The monoisotopic (exact) mass is 310 g/mol. The molecule has 2 aromatic rings. The molecule has 0 saturated carbocycles. The van der Waals surface area contributed by atoms with E-state index >= 15 is 0 Å². The normalized spacial score (nSPS) is 17.0. The van der Waals surface area contributed by atoms with Crippen LogP contribution in [0.1, 0.15) is 23.7 Å². The summed E-state index contributed by atoms with van der Waals surface area (Å²) in [4.78, 5) is 14.8. The molecule has 1 N–H and O–H groups in total. The van der Waals surface area contributed by atoms with Gasteiger partial charge in [0.2, 0.25) is 0 Å². The number of nitrogens with zero attached hydrogens (tertiary/aromatic N) is 1. The third-order valence-electron chi connectivity index (χ3n) is 4.14. The number of nitrogens with one attached hydrogen (secondary N) is 1. The molecule has 4 heteroatoms. The fourth-order valence-corrected chi connectivity index (χ4v) is 2.96. The molecule has 1 heterocycles. The number of ether oxygens (including phenoxy) is 1. The maximum Gasteiger partial charge on any atom is 0.254 e. The van der Waals surface area contributed by atoms with E-state index in [0.29, 0.717) is 11.3 Å². The number of carbonyl (C=O) groups is 1. The number of hydrogen-bond donors (Lipinski definition) is 1. The minimum Gasteiger partial charge on any atom is -0.457 e. The Balaban J connectivity index is 1.76. The van der Waals surface area contributed by atoms with Crippen LogP contribution in [-0.4, -0.2) is 36.5 Å². The fourth-order valence-electron chi connectivity index (χ4n) is 2.96. The summed E-state index contributed by atoms with van der Waals surface area (Å²) in [7, 11) is 0. The quantitative estimate of drug-likeness (QED) is 0.921. The molecule has 23 heavy (non-hydrogen) atoms. The molecule has 0 spiro atoms. The molecule has 0 radical (unpaired) electrons. The molecule has 0 bridgehead atoms. The van der Waals surface area contributed by atoms with Crippen LogP contribution in [0.5, 0.6) is 11.5 Å². The predicted molar refractivity (Wildman–Crippen MR) is 90.9 cm³/mol. The van der Waals surface area contributed by atoms with Crippen molar-refractivity contribution in [2.45, 2.75) is 19.4 Å². The highest BCUT2D eigenvalue weighted by molar-refractivity contribution is 5.94. The molecular weight excluding hydrogens is 288 g/mol. The Bertz CT molecular complexity index is 651. The van der Waals surface area contributed by atoms with Crippen LogP contribution < -0.4 is 10.1 Å². The molecule has 1 aliphatic rings. The molecule has 3 rings (SSSR count). The van der Waals surface area contributed by atoms with Gasteiger partial charge in [-0.2, -0.15) is 0 Å². The van der Waals surface area contributed by atoms with E-state index in [1.54, 1.807) is 0 Å². The molecule has 1 fully saturated rings. The van der Waals surface area contributed by atoms with Crippen LogP contribution in [-0.2, 0) is 0 Å². The first-order valence-electron chi connectivity index (χ1n) is 8.12. The summed E-state index contributed by atoms with van der Waals surface area (Å²) in [5, 5.41) is 3.32. The van der Waals surface area contributed by atoms with Gasteiger partial charge in [-0.05, 0) is 50.2 Å². The number of rotatable bonds is 5. The third kappa shape index (κ3) is 3.71. The molecule has 1 unspecified atom stereocenters. The lowest BCUT2D eigenvalue weighted by Crippen LogP contribution is -2.41. The van der Waals surface area contributed by atoms with Crippen LogP contribution in [0.4, 0.5) is 0 Å². The van der Waals surface area contributed by atoms with Gasteiger partial charge in [0.15, 0.2) is 0 Å². The van der Waals surface area contributed by atoms with Crippen molar-refractivity contribution in [1.29, 1.82) is 0 Å². The van der Waals surface area contributed by atoms with Gasteiger partial charge in [0.05, 0.1) is 0 Å². The van der Waals surface area contributed by atoms with Gasteiger partial charge in [0.25, 0.3) is 5.91 Å². The lowest BCUT2D eigenvalue weighted by Gasteiger charge is -2.27. The van der Waals surface area contributed by atoms with Gasteiger partial charge >= 0.3 is 0 Å². The predicted octanol–water partition coefficient (Wildman–Crippen LogP) is 3.30. The highest BCUT2D eigenvalue weighted by Crippen LogP contribution is 2.23. The summed E-state index contributed by atoms with van der Waals surface area (Å²) in [6, 6.07) is 17.3. The van der Waals surface area contributed by atoms with Crippen LogP contribution in [0.15, 0.2) is 54.6 Å². The summed E-state index contributed by atoms with van der Waals surface area (Å²) in [6.07, 6.45) is 1.01. The first-order chi connectivity index (χ1) is 11.3. The Morgan fingerprint density at radius 1 is 1.17 bits per heavy atom. The Kier molecular flexibility index (Phi) is 4.93. The van der Waals surface area contributed by atoms with Gasteiger partial charge in [-0.3, -0.25) is 4.79 Å². The van der Waals surface area contributed by atoms with E-state index in [2.05, 4.69) is 5.32 Å². The van der Waals surface area contributed by atoms with Gasteiger partial charge in [-0.25, -0.2) is 0 Å². The van der Waals surface area contributed by atoms with Crippen molar-refractivity contribution in [2.75, 3.05) is 19.6 Å². The summed E-state index contributed by atoms with van der Waals surface area (Å²) in [5.74, 6) is 1.52. The Hall–Kier alpha value is -2.33. The van der Waals surface area contributed by atoms with Crippen molar-refractivity contribution in [1.82, 2.24) is 10.2 Å². The zero-order valence-corrected chi connectivity index (χ0v) is 13.4. The molecular formula is C19H22N2O2. The minimum absolute atomic E-state index is 0.0692. The van der Waals surface area contributed by atoms with Gasteiger partial charge in [-0.15, -0.1) is 0 Å². The number of carbonyl (C=O) groups excluding carboxylic acids is 1. The number of amides is 1. The highest BCUT2D eigenvalue weighted by atomic mass is 16.5. The smallest absolute Gasteiger partial charge is 0.254 e. The summed E-state index contributed by atoms with van der Waals surface area (Å²) in [6.45, 7) is 4.60.